The van der Waals surface area contributed by atoms with Gasteiger partial charge in [0.1, 0.15) is 77.6 Å². The highest BCUT2D eigenvalue weighted by atomic mass is 79.9. The number of nitrogens with one attached hydrogen (secondary N) is 4. The van der Waals surface area contributed by atoms with Crippen LogP contribution in [-0.4, -0.2) is 127 Å². The van der Waals surface area contributed by atoms with Crippen LogP contribution in [0.3, 0.4) is 0 Å². The number of halogens is 4. The summed E-state index contributed by atoms with van der Waals surface area (Å²) in [5.74, 6) is 1.37. The Morgan fingerprint density at radius 2 is 0.700 bits per heavy atom. The quantitative estimate of drug-likeness (QED) is 0.0146. The third-order valence-electron chi connectivity index (χ3n) is 14.5. The van der Waals surface area contributed by atoms with E-state index < -0.39 is 48.3 Å². The van der Waals surface area contributed by atoms with E-state index in [0.717, 1.165) is 42.9 Å². The first-order valence-electron chi connectivity index (χ1n) is 32.3. The van der Waals surface area contributed by atoms with Crippen LogP contribution in [0.4, 0.5) is 30.6 Å². The fraction of sp³-hybridized carbons (Fsp3) is 0.459. The fourth-order valence-electron chi connectivity index (χ4n) is 7.67. The van der Waals surface area contributed by atoms with Crippen LogP contribution in [0.15, 0.2) is 140 Å². The Labute approximate surface area is 623 Å². The van der Waals surface area contributed by atoms with E-state index in [2.05, 4.69) is 223 Å². The number of esters is 4. The van der Waals surface area contributed by atoms with Gasteiger partial charge in [-0.2, -0.15) is 0 Å². The first kappa shape index (κ1) is 90.3. The molecule has 22 nitrogen and oxygen atoms in total. The Hall–Kier alpha value is -7.68. The average Bonchev–Trinajstić information content (AvgIpc) is 0.807. The van der Waals surface area contributed by atoms with Crippen LogP contribution in [0.25, 0.3) is 0 Å². The molecule has 4 rings (SSSR count). The first-order chi connectivity index (χ1) is 46.9. The van der Waals surface area contributed by atoms with Crippen LogP contribution in [-0.2, 0) is 80.7 Å². The summed E-state index contributed by atoms with van der Waals surface area (Å²) in [4.78, 5) is 90.2. The molecule has 0 saturated carbocycles. The van der Waals surface area contributed by atoms with Crippen molar-refractivity contribution < 1.29 is 85.7 Å². The summed E-state index contributed by atoms with van der Waals surface area (Å²) in [6, 6.07) is 23.4. The van der Waals surface area contributed by atoms with Crippen LogP contribution < -0.4 is 30.7 Å². The molecule has 0 aromatic heterocycles. The Bertz CT molecular complexity index is 3270. The molecule has 0 saturated heterocycles. The lowest BCUT2D eigenvalue weighted by Crippen LogP contribution is -2.29. The number of rotatable bonds is 34. The third-order valence-corrected chi connectivity index (χ3v) is 16.9. The normalized spacial score (nSPS) is 10.7. The molecule has 0 fully saturated rings. The van der Waals surface area contributed by atoms with E-state index in [4.69, 9.17) is 42.6 Å². The molecular formula is C74H100Br4N4O18. The van der Waals surface area contributed by atoms with Crippen LogP contribution in [0.5, 0.6) is 11.5 Å². The van der Waals surface area contributed by atoms with E-state index >= 15 is 0 Å². The molecule has 0 radical (unpaired) electrons. The lowest BCUT2D eigenvalue weighted by molar-refractivity contribution is -0.140. The molecule has 0 spiro atoms. The Kier molecular flexibility index (Phi) is 43.5. The maximum Gasteiger partial charge on any atom is 0.411 e. The van der Waals surface area contributed by atoms with Crippen molar-refractivity contribution in [3.63, 3.8) is 0 Å². The summed E-state index contributed by atoms with van der Waals surface area (Å²) in [6.45, 7) is 43.8. The van der Waals surface area contributed by atoms with Crippen molar-refractivity contribution in [3.8, 4) is 11.5 Å². The van der Waals surface area contributed by atoms with Gasteiger partial charge in [-0.15, -0.1) is 0 Å². The van der Waals surface area contributed by atoms with Gasteiger partial charge in [-0.05, 0) is 196 Å². The molecule has 0 aliphatic carbocycles. The standard InChI is InChI=1S/C21H29Br2NO5.C20H27Br2NO5.C17H23NO4.C16H21NO4/c1-13(2)19(25)28-8-7-24-20(26)29-10-9-27-18-16(22)11-15(12-17(18)23)21(5,6)14(3)4;1-6-17(24)26-8-7-23-19(25)28-10-9-27-18-15(21)11-14(12-16(18)22)20(4,5)13(2)3;1-12(2)11-14-5-7-15(8-6-14)18-17(20)22-10-9-21-16(19)13(3)4;1-4-15(18)20-9-10-21-16(19)17-14-7-5-13(6-8-14)11-12(2)3/h11-12,14H,1,7-10H2,2-6H3,(H,24,26);6,11-13H,1,7-10H2,2-5H3,(H,23,25);5-8,12H,3,9-11H2,1-2,4H3,(H,18,20);4-8,12H,1,9-11H2,2-3H3,(H,17,19). The molecular weight excluding hydrogens is 1550 g/mol. The third kappa shape index (κ3) is 37.7. The number of ether oxygens (including phenoxy) is 10. The van der Waals surface area contributed by atoms with Crippen LogP contribution in [0.2, 0.25) is 0 Å². The Morgan fingerprint density at radius 3 is 1.01 bits per heavy atom. The summed E-state index contributed by atoms with van der Waals surface area (Å²) in [5.41, 5.74) is 6.82. The molecule has 4 aromatic carbocycles. The van der Waals surface area contributed by atoms with Gasteiger partial charge in [-0.3, -0.25) is 10.6 Å². The predicted molar refractivity (Wildman–Crippen MR) is 403 cm³/mol. The molecule has 0 aliphatic rings. The largest absolute Gasteiger partial charge is 0.488 e. The van der Waals surface area contributed by atoms with Crippen molar-refractivity contribution in [1.82, 2.24) is 10.6 Å². The second-order valence-corrected chi connectivity index (χ2v) is 28.2. The van der Waals surface area contributed by atoms with Crippen LogP contribution >= 0.6 is 63.7 Å². The molecule has 4 amide bonds. The molecule has 26 heteroatoms. The minimum Gasteiger partial charge on any atom is -0.488 e. The summed E-state index contributed by atoms with van der Waals surface area (Å²) in [5, 5.41) is 10.2. The molecule has 0 atom stereocenters. The number of benzene rings is 4. The number of hydrogen-bond acceptors (Lipinski definition) is 18. The SMILES string of the molecule is C=C(C)C(=O)OCCNC(=O)OCCOc1c(Br)cc(C(C)(C)C(C)C)cc1Br.C=C(C)C(=O)OCCOC(=O)Nc1ccc(CC(C)C)cc1.C=CC(=O)OCCNC(=O)OCCOc1c(Br)cc(C(C)(C)C(C)C)cc1Br.C=CC(=O)OCCOC(=O)Nc1ccc(CC(C)C)cc1. The Balaban J connectivity index is 0.000000673. The van der Waals surface area contributed by atoms with Gasteiger partial charge in [0.05, 0.1) is 31.0 Å². The smallest absolute Gasteiger partial charge is 0.411 e. The summed E-state index contributed by atoms with van der Waals surface area (Å²) < 4.78 is 53.8. The van der Waals surface area contributed by atoms with E-state index in [1.807, 2.05) is 48.5 Å². The van der Waals surface area contributed by atoms with Gasteiger partial charge < -0.3 is 58.0 Å². The van der Waals surface area contributed by atoms with E-state index in [1.165, 1.54) is 22.3 Å². The molecule has 552 valence electrons. The van der Waals surface area contributed by atoms with Crippen molar-refractivity contribution in [3.05, 3.63) is 163 Å². The van der Waals surface area contributed by atoms with Crippen molar-refractivity contribution in [1.29, 1.82) is 0 Å². The van der Waals surface area contributed by atoms with Gasteiger partial charge in [0.15, 0.2) is 0 Å². The maximum absolute atomic E-state index is 11.6. The zero-order valence-corrected chi connectivity index (χ0v) is 66.3. The molecule has 0 heterocycles. The van der Waals surface area contributed by atoms with E-state index in [1.54, 1.807) is 13.8 Å². The zero-order chi connectivity index (χ0) is 75.7. The first-order valence-corrected chi connectivity index (χ1v) is 35.5. The van der Waals surface area contributed by atoms with Crippen LogP contribution in [0, 0.1) is 23.7 Å². The molecule has 4 N–H and O–H groups in total. The minimum atomic E-state index is -0.606. The summed E-state index contributed by atoms with van der Waals surface area (Å²) >= 11 is 14.2. The van der Waals surface area contributed by atoms with E-state index in [-0.39, 0.29) is 90.0 Å². The highest BCUT2D eigenvalue weighted by Gasteiger charge is 2.28. The van der Waals surface area contributed by atoms with Crippen molar-refractivity contribution in [2.45, 2.75) is 121 Å². The van der Waals surface area contributed by atoms with Gasteiger partial charge in [-0.1, -0.05) is 134 Å². The van der Waals surface area contributed by atoms with Crippen molar-refractivity contribution in [2.24, 2.45) is 23.7 Å². The summed E-state index contributed by atoms with van der Waals surface area (Å²) in [7, 11) is 0. The molecule has 0 unspecified atom stereocenters. The second kappa shape index (κ2) is 48.2. The lowest BCUT2D eigenvalue weighted by Gasteiger charge is -2.30. The Morgan fingerprint density at radius 1 is 0.420 bits per heavy atom. The lowest BCUT2D eigenvalue weighted by atomic mass is 9.75. The highest BCUT2D eigenvalue weighted by Crippen LogP contribution is 2.42. The molecule has 100 heavy (non-hydrogen) atoms. The number of hydrogen-bond donors (Lipinski definition) is 4. The average molecular weight is 1650 g/mol. The van der Waals surface area contributed by atoms with Gasteiger partial charge in [0, 0.05) is 34.7 Å². The van der Waals surface area contributed by atoms with E-state index in [0.29, 0.717) is 57.7 Å². The van der Waals surface area contributed by atoms with Gasteiger partial charge in [-0.25, -0.2) is 38.4 Å². The van der Waals surface area contributed by atoms with Crippen LogP contribution in [0.1, 0.15) is 119 Å². The minimum absolute atomic E-state index is 0.00313. The topological polar surface area (TPSA) is 277 Å². The fourth-order valence-corrected chi connectivity index (χ4v) is 10.5. The number of amides is 4. The van der Waals surface area contributed by atoms with Crippen molar-refractivity contribution in [2.75, 3.05) is 89.8 Å². The number of anilines is 2. The molecule has 0 bridgehead atoms. The summed E-state index contributed by atoms with van der Waals surface area (Å²) in [6.07, 6.45) is 1.74. The van der Waals surface area contributed by atoms with E-state index in [9.17, 15) is 38.4 Å². The number of carbonyl (C=O) groups is 8. The second-order valence-electron chi connectivity index (χ2n) is 24.8. The predicted octanol–water partition coefficient (Wildman–Crippen LogP) is 17.1. The number of alkyl carbamates (subject to hydrolysis) is 2. The zero-order valence-electron chi connectivity index (χ0n) is 60.0. The highest BCUT2D eigenvalue weighted by molar-refractivity contribution is 9.11. The van der Waals surface area contributed by atoms with Gasteiger partial charge >= 0.3 is 48.3 Å². The maximum atomic E-state index is 11.6. The van der Waals surface area contributed by atoms with Gasteiger partial charge in [0.2, 0.25) is 0 Å². The monoisotopic (exact) mass is 1650 g/mol. The van der Waals surface area contributed by atoms with Gasteiger partial charge in [0.25, 0.3) is 0 Å². The molecule has 0 aliphatic heterocycles. The molecule has 4 aromatic rings. The van der Waals surface area contributed by atoms with Crippen molar-refractivity contribution >= 4 is 123 Å². The number of carbonyl (C=O) groups excluding carboxylic acids is 8.